The molecule has 1 amide bonds. The first-order chi connectivity index (χ1) is 9.43. The highest BCUT2D eigenvalue weighted by molar-refractivity contribution is 5.94. The van der Waals surface area contributed by atoms with Crippen molar-refractivity contribution in [2.75, 3.05) is 5.32 Å². The van der Waals surface area contributed by atoms with E-state index in [1.54, 1.807) is 24.3 Å². The molecule has 5 heteroatoms. The van der Waals surface area contributed by atoms with E-state index in [4.69, 9.17) is 17.3 Å². The standard InChI is InChI=1S/C15H18N2O3/c1-3-4-13(16)15(20)17-12-7-5-11(6-8-12)10(2)9-14(18)19/h1,5-8,10,13H,4,9,16H2,2H3,(H,17,20)(H,18,19). The SMILES string of the molecule is C#CCC(N)C(=O)Nc1ccc(C(C)CC(=O)O)cc1. The van der Waals surface area contributed by atoms with Crippen LogP contribution in [0.2, 0.25) is 0 Å². The van der Waals surface area contributed by atoms with Crippen molar-refractivity contribution in [2.24, 2.45) is 5.73 Å². The summed E-state index contributed by atoms with van der Waals surface area (Å²) in [5, 5.41) is 11.4. The summed E-state index contributed by atoms with van der Waals surface area (Å²) >= 11 is 0. The van der Waals surface area contributed by atoms with Gasteiger partial charge in [-0.15, -0.1) is 12.3 Å². The number of nitrogens with two attached hydrogens (primary N) is 1. The number of amides is 1. The summed E-state index contributed by atoms with van der Waals surface area (Å²) in [6.45, 7) is 1.84. The second-order valence-corrected chi connectivity index (χ2v) is 4.62. The lowest BCUT2D eigenvalue weighted by Crippen LogP contribution is -2.35. The fraction of sp³-hybridized carbons (Fsp3) is 0.333. The highest BCUT2D eigenvalue weighted by Gasteiger charge is 2.13. The summed E-state index contributed by atoms with van der Waals surface area (Å²) in [4.78, 5) is 22.3. The number of hydrogen-bond donors (Lipinski definition) is 3. The van der Waals surface area contributed by atoms with Crippen molar-refractivity contribution in [1.29, 1.82) is 0 Å². The maximum Gasteiger partial charge on any atom is 0.303 e. The van der Waals surface area contributed by atoms with Gasteiger partial charge in [0.2, 0.25) is 5.91 Å². The van der Waals surface area contributed by atoms with Gasteiger partial charge in [-0.1, -0.05) is 19.1 Å². The zero-order chi connectivity index (χ0) is 15.1. The minimum Gasteiger partial charge on any atom is -0.481 e. The van der Waals surface area contributed by atoms with E-state index in [1.807, 2.05) is 6.92 Å². The molecule has 0 aliphatic carbocycles. The van der Waals surface area contributed by atoms with Gasteiger partial charge in [0.15, 0.2) is 0 Å². The van der Waals surface area contributed by atoms with Gasteiger partial charge in [-0.2, -0.15) is 0 Å². The van der Waals surface area contributed by atoms with Crippen LogP contribution in [-0.2, 0) is 9.59 Å². The molecule has 20 heavy (non-hydrogen) atoms. The molecule has 2 atom stereocenters. The molecule has 0 saturated carbocycles. The molecule has 0 spiro atoms. The number of rotatable bonds is 6. The van der Waals surface area contributed by atoms with Gasteiger partial charge < -0.3 is 16.2 Å². The van der Waals surface area contributed by atoms with Gasteiger partial charge in [-0.05, 0) is 23.6 Å². The Balaban J connectivity index is 2.65. The minimum atomic E-state index is -0.838. The molecule has 0 radical (unpaired) electrons. The van der Waals surface area contributed by atoms with Gasteiger partial charge in [-0.3, -0.25) is 9.59 Å². The van der Waals surface area contributed by atoms with E-state index in [2.05, 4.69) is 11.2 Å². The van der Waals surface area contributed by atoms with E-state index in [9.17, 15) is 9.59 Å². The maximum atomic E-state index is 11.7. The van der Waals surface area contributed by atoms with E-state index in [1.165, 1.54) is 0 Å². The first-order valence-corrected chi connectivity index (χ1v) is 6.25. The Labute approximate surface area is 118 Å². The first kappa shape index (κ1) is 15.7. The molecule has 106 valence electrons. The van der Waals surface area contributed by atoms with Gasteiger partial charge in [-0.25, -0.2) is 0 Å². The van der Waals surface area contributed by atoms with Crippen LogP contribution in [0, 0.1) is 12.3 Å². The number of carbonyl (C=O) groups is 2. The van der Waals surface area contributed by atoms with Crippen molar-refractivity contribution in [3.63, 3.8) is 0 Å². The summed E-state index contributed by atoms with van der Waals surface area (Å²) in [7, 11) is 0. The first-order valence-electron chi connectivity index (χ1n) is 6.25. The summed E-state index contributed by atoms with van der Waals surface area (Å²) in [5.74, 6) is 1.08. The normalized spacial score (nSPS) is 13.1. The number of anilines is 1. The lowest BCUT2D eigenvalue weighted by molar-refractivity contribution is -0.137. The van der Waals surface area contributed by atoms with Crippen molar-refractivity contribution >= 4 is 17.6 Å². The van der Waals surface area contributed by atoms with Crippen molar-refractivity contribution in [2.45, 2.75) is 31.7 Å². The van der Waals surface area contributed by atoms with Gasteiger partial charge in [0.1, 0.15) is 0 Å². The average molecular weight is 274 g/mol. The quantitative estimate of drug-likeness (QED) is 0.686. The summed E-state index contributed by atoms with van der Waals surface area (Å²) < 4.78 is 0. The molecular weight excluding hydrogens is 256 g/mol. The second-order valence-electron chi connectivity index (χ2n) is 4.62. The Morgan fingerprint density at radius 1 is 1.40 bits per heavy atom. The largest absolute Gasteiger partial charge is 0.481 e. The Kier molecular flexibility index (Phi) is 5.75. The van der Waals surface area contributed by atoms with E-state index in [0.717, 1.165) is 5.56 Å². The smallest absolute Gasteiger partial charge is 0.303 e. The van der Waals surface area contributed by atoms with E-state index in [0.29, 0.717) is 5.69 Å². The highest BCUT2D eigenvalue weighted by Crippen LogP contribution is 2.21. The topological polar surface area (TPSA) is 92.4 Å². The Morgan fingerprint density at radius 3 is 2.50 bits per heavy atom. The molecular formula is C15H18N2O3. The molecule has 0 aliphatic heterocycles. The molecule has 1 rings (SSSR count). The zero-order valence-electron chi connectivity index (χ0n) is 11.3. The van der Waals surface area contributed by atoms with Crippen LogP contribution in [0.15, 0.2) is 24.3 Å². The highest BCUT2D eigenvalue weighted by atomic mass is 16.4. The Morgan fingerprint density at radius 2 is 2.00 bits per heavy atom. The van der Waals surface area contributed by atoms with Crippen LogP contribution in [0.4, 0.5) is 5.69 Å². The number of benzene rings is 1. The summed E-state index contributed by atoms with van der Waals surface area (Å²) in [6.07, 6.45) is 5.34. The Hall–Kier alpha value is -2.32. The monoisotopic (exact) mass is 274 g/mol. The number of carbonyl (C=O) groups excluding carboxylic acids is 1. The van der Waals surface area contributed by atoms with Crippen LogP contribution in [0.1, 0.15) is 31.2 Å². The van der Waals surface area contributed by atoms with E-state index in [-0.39, 0.29) is 24.7 Å². The fourth-order valence-electron chi connectivity index (χ4n) is 1.73. The molecule has 0 saturated heterocycles. The van der Waals surface area contributed by atoms with Crippen LogP contribution in [0.3, 0.4) is 0 Å². The molecule has 0 bridgehead atoms. The fourth-order valence-corrected chi connectivity index (χ4v) is 1.73. The molecule has 1 aromatic carbocycles. The van der Waals surface area contributed by atoms with E-state index < -0.39 is 12.0 Å². The molecule has 2 unspecified atom stereocenters. The number of terminal acetylenes is 1. The molecule has 0 heterocycles. The number of hydrogen-bond acceptors (Lipinski definition) is 3. The predicted octanol–water partition coefficient (Wildman–Crippen LogP) is 1.55. The molecule has 0 fully saturated rings. The van der Waals surface area contributed by atoms with Crippen LogP contribution in [0.25, 0.3) is 0 Å². The molecule has 0 aliphatic rings. The minimum absolute atomic E-state index is 0.0682. The van der Waals surface area contributed by atoms with Crippen molar-refractivity contribution in [3.05, 3.63) is 29.8 Å². The van der Waals surface area contributed by atoms with Crippen molar-refractivity contribution in [3.8, 4) is 12.3 Å². The number of nitrogens with one attached hydrogen (secondary N) is 1. The lowest BCUT2D eigenvalue weighted by atomic mass is 9.98. The summed E-state index contributed by atoms with van der Waals surface area (Å²) in [6, 6.07) is 6.28. The third-order valence-electron chi connectivity index (χ3n) is 2.90. The average Bonchev–Trinajstić information content (AvgIpc) is 2.39. The summed E-state index contributed by atoms with van der Waals surface area (Å²) in [5.41, 5.74) is 7.10. The third kappa shape index (κ3) is 4.75. The predicted molar refractivity (Wildman–Crippen MR) is 77.2 cm³/mol. The van der Waals surface area contributed by atoms with Crippen LogP contribution in [-0.4, -0.2) is 23.0 Å². The second kappa shape index (κ2) is 7.31. The van der Waals surface area contributed by atoms with Gasteiger partial charge in [0.25, 0.3) is 0 Å². The third-order valence-corrected chi connectivity index (χ3v) is 2.90. The van der Waals surface area contributed by atoms with E-state index >= 15 is 0 Å². The van der Waals surface area contributed by atoms with Gasteiger partial charge >= 0.3 is 5.97 Å². The molecule has 0 aromatic heterocycles. The molecule has 5 nitrogen and oxygen atoms in total. The van der Waals surface area contributed by atoms with Crippen LogP contribution in [0.5, 0.6) is 0 Å². The van der Waals surface area contributed by atoms with Gasteiger partial charge in [0.05, 0.1) is 12.5 Å². The van der Waals surface area contributed by atoms with Crippen LogP contribution >= 0.6 is 0 Å². The number of aliphatic carboxylic acids is 1. The number of carboxylic acids is 1. The molecule has 4 N–H and O–H groups in total. The van der Waals surface area contributed by atoms with Crippen molar-refractivity contribution < 1.29 is 14.7 Å². The maximum absolute atomic E-state index is 11.7. The lowest BCUT2D eigenvalue weighted by Gasteiger charge is -2.12. The Bertz CT molecular complexity index is 517. The van der Waals surface area contributed by atoms with Crippen molar-refractivity contribution in [1.82, 2.24) is 0 Å². The zero-order valence-corrected chi connectivity index (χ0v) is 11.3. The molecule has 1 aromatic rings. The number of carboxylic acid groups (broad SMARTS) is 1. The van der Waals surface area contributed by atoms with Gasteiger partial charge in [0, 0.05) is 12.1 Å². The van der Waals surface area contributed by atoms with Crippen LogP contribution < -0.4 is 11.1 Å².